The molecule has 3 rings (SSSR count). The van der Waals surface area contributed by atoms with Gasteiger partial charge < -0.3 is 20.9 Å². The molecule has 3 amide bonds. The fourth-order valence-electron chi connectivity index (χ4n) is 3.52. The van der Waals surface area contributed by atoms with Crippen LogP contribution in [-0.2, 0) is 11.2 Å². The first kappa shape index (κ1) is 26.0. The van der Waals surface area contributed by atoms with Crippen LogP contribution in [0.2, 0.25) is 0 Å². The normalized spacial score (nSPS) is 13.1. The van der Waals surface area contributed by atoms with Crippen LogP contribution in [0.1, 0.15) is 45.7 Å². The molecule has 0 radical (unpaired) electrons. The third kappa shape index (κ3) is 6.38. The van der Waals surface area contributed by atoms with Gasteiger partial charge in [-0.05, 0) is 23.8 Å². The lowest BCUT2D eigenvalue weighted by Crippen LogP contribution is -2.51. The van der Waals surface area contributed by atoms with Gasteiger partial charge in [-0.1, -0.05) is 38.1 Å². The summed E-state index contributed by atoms with van der Waals surface area (Å²) in [6.07, 6.45) is 0.100. The maximum Gasteiger partial charge on any atom is 0.256 e. The van der Waals surface area contributed by atoms with Crippen LogP contribution >= 0.6 is 11.6 Å². The quantitative estimate of drug-likeness (QED) is 0.496. The molecule has 1 aliphatic rings. The number of nitrogens with zero attached hydrogens (tertiary/aromatic N) is 2. The highest BCUT2D eigenvalue weighted by atomic mass is 35.5. The van der Waals surface area contributed by atoms with Gasteiger partial charge in [0.05, 0.1) is 5.56 Å². The summed E-state index contributed by atoms with van der Waals surface area (Å²) in [6, 6.07) is 10.7. The molecule has 2 aromatic carbocycles. The van der Waals surface area contributed by atoms with Crippen LogP contribution in [0.3, 0.4) is 0 Å². The third-order valence-electron chi connectivity index (χ3n) is 5.19. The molecule has 7 nitrogen and oxygen atoms in total. The minimum absolute atomic E-state index is 0.0920. The maximum absolute atomic E-state index is 14.4. The van der Waals surface area contributed by atoms with Gasteiger partial charge in [-0.15, -0.1) is 11.6 Å². The summed E-state index contributed by atoms with van der Waals surface area (Å²) in [5.74, 6) is -2.08. The van der Waals surface area contributed by atoms with E-state index in [1.807, 2.05) is 13.8 Å². The molecule has 0 atom stereocenters. The first-order chi connectivity index (χ1) is 15.8. The number of nitrogens with two attached hydrogens (primary N) is 1. The van der Waals surface area contributed by atoms with Crippen LogP contribution in [0.4, 0.5) is 4.39 Å². The number of carbonyl (C=O) groups is 3. The largest absolute Gasteiger partial charge is 0.366 e. The fourth-order valence-corrected chi connectivity index (χ4v) is 3.69. The molecule has 0 aliphatic carbocycles. The van der Waals surface area contributed by atoms with Gasteiger partial charge in [-0.3, -0.25) is 14.4 Å². The standard InChI is InChI=1S/C22H22ClFN4O3.C2H6/c23-13-20(29)27-7-9-28(10-8-27)22(31)17-11-14(5-6-18(17)24)12-19(25)15-3-1-2-4-16(15)21(26)30;1-2/h1-6,11,25H,7-10,12-13H2,(H2,26,30);1-2H3. The van der Waals surface area contributed by atoms with Crippen molar-refractivity contribution in [3.05, 3.63) is 70.5 Å². The number of rotatable bonds is 6. The van der Waals surface area contributed by atoms with E-state index in [2.05, 4.69) is 0 Å². The average molecular weight is 475 g/mol. The van der Waals surface area contributed by atoms with Crippen molar-refractivity contribution in [2.75, 3.05) is 32.1 Å². The van der Waals surface area contributed by atoms with Crippen LogP contribution in [0.15, 0.2) is 42.5 Å². The Morgan fingerprint density at radius 2 is 1.55 bits per heavy atom. The van der Waals surface area contributed by atoms with Crippen LogP contribution in [0, 0.1) is 11.2 Å². The van der Waals surface area contributed by atoms with Gasteiger partial charge in [0.15, 0.2) is 0 Å². The van der Waals surface area contributed by atoms with Crippen LogP contribution < -0.4 is 5.73 Å². The van der Waals surface area contributed by atoms with Gasteiger partial charge in [-0.25, -0.2) is 4.39 Å². The molecule has 0 bridgehead atoms. The molecule has 1 aliphatic heterocycles. The first-order valence-electron chi connectivity index (χ1n) is 10.7. The van der Waals surface area contributed by atoms with Gasteiger partial charge in [0.25, 0.3) is 5.91 Å². The Balaban J connectivity index is 0.00000187. The zero-order valence-electron chi connectivity index (χ0n) is 18.7. The summed E-state index contributed by atoms with van der Waals surface area (Å²) in [7, 11) is 0. The molecule has 9 heteroatoms. The molecule has 1 heterocycles. The highest BCUT2D eigenvalue weighted by Gasteiger charge is 2.26. The van der Waals surface area contributed by atoms with E-state index < -0.39 is 17.6 Å². The minimum Gasteiger partial charge on any atom is -0.366 e. The number of nitrogens with one attached hydrogen (secondary N) is 1. The molecule has 0 unspecified atom stereocenters. The van der Waals surface area contributed by atoms with Crippen LogP contribution in [-0.4, -0.2) is 65.3 Å². The van der Waals surface area contributed by atoms with Crippen molar-refractivity contribution >= 4 is 35.0 Å². The molecule has 2 aromatic rings. The number of alkyl halides is 1. The average Bonchev–Trinajstić information content (AvgIpc) is 2.85. The number of hydrogen-bond donors (Lipinski definition) is 2. The van der Waals surface area contributed by atoms with Crippen molar-refractivity contribution < 1.29 is 18.8 Å². The lowest BCUT2D eigenvalue weighted by atomic mass is 9.96. The Kier molecular flexibility index (Phi) is 9.54. The maximum atomic E-state index is 14.4. The van der Waals surface area contributed by atoms with Gasteiger partial charge >= 0.3 is 0 Å². The van der Waals surface area contributed by atoms with E-state index in [9.17, 15) is 18.8 Å². The Morgan fingerprint density at radius 1 is 0.970 bits per heavy atom. The van der Waals surface area contributed by atoms with E-state index in [1.165, 1.54) is 23.1 Å². The lowest BCUT2D eigenvalue weighted by Gasteiger charge is -2.34. The number of benzene rings is 2. The highest BCUT2D eigenvalue weighted by molar-refractivity contribution is 6.27. The number of halogens is 2. The summed E-state index contributed by atoms with van der Waals surface area (Å²) in [6.45, 7) is 5.25. The molecule has 1 fully saturated rings. The summed E-state index contributed by atoms with van der Waals surface area (Å²) < 4.78 is 14.4. The fraction of sp³-hybridized carbons (Fsp3) is 0.333. The monoisotopic (exact) mass is 474 g/mol. The topological polar surface area (TPSA) is 108 Å². The number of primary amides is 1. The Labute approximate surface area is 197 Å². The molecule has 176 valence electrons. The van der Waals surface area contributed by atoms with Crippen molar-refractivity contribution in [1.82, 2.24) is 9.80 Å². The van der Waals surface area contributed by atoms with E-state index in [4.69, 9.17) is 22.7 Å². The van der Waals surface area contributed by atoms with E-state index in [0.717, 1.165) is 0 Å². The zero-order chi connectivity index (χ0) is 24.5. The summed E-state index contributed by atoms with van der Waals surface area (Å²) in [5.41, 5.74) is 6.61. The zero-order valence-corrected chi connectivity index (χ0v) is 19.5. The predicted octanol–water partition coefficient (Wildman–Crippen LogP) is 3.08. The Hall–Kier alpha value is -3.26. The van der Waals surface area contributed by atoms with Crippen molar-refractivity contribution in [1.29, 1.82) is 5.41 Å². The summed E-state index contributed by atoms with van der Waals surface area (Å²) in [4.78, 5) is 39.2. The third-order valence-corrected chi connectivity index (χ3v) is 5.42. The van der Waals surface area contributed by atoms with E-state index >= 15 is 0 Å². The van der Waals surface area contributed by atoms with E-state index in [0.29, 0.717) is 24.2 Å². The first-order valence-corrected chi connectivity index (χ1v) is 11.2. The number of amides is 3. The Morgan fingerprint density at radius 3 is 2.12 bits per heavy atom. The highest BCUT2D eigenvalue weighted by Crippen LogP contribution is 2.18. The molecular weight excluding hydrogens is 447 g/mol. The predicted molar refractivity (Wildman–Crippen MR) is 126 cm³/mol. The Bertz CT molecular complexity index is 1040. The number of carbonyl (C=O) groups excluding carboxylic acids is 3. The second kappa shape index (κ2) is 12.1. The molecule has 0 spiro atoms. The molecule has 0 aromatic heterocycles. The van der Waals surface area contributed by atoms with Crippen LogP contribution in [0.5, 0.6) is 0 Å². The molecule has 0 saturated carbocycles. The van der Waals surface area contributed by atoms with Gasteiger partial charge in [0.1, 0.15) is 11.7 Å². The minimum atomic E-state index is -0.655. The van der Waals surface area contributed by atoms with Gasteiger partial charge in [0.2, 0.25) is 11.8 Å². The molecule has 3 N–H and O–H groups in total. The van der Waals surface area contributed by atoms with E-state index in [1.54, 1.807) is 29.2 Å². The number of piperazine rings is 1. The van der Waals surface area contributed by atoms with Crippen molar-refractivity contribution in [3.8, 4) is 0 Å². The van der Waals surface area contributed by atoms with Crippen molar-refractivity contribution in [2.45, 2.75) is 20.3 Å². The SMILES string of the molecule is CC.N=C(Cc1ccc(F)c(C(=O)N2CCN(C(=O)CCl)CC2)c1)c1ccccc1C(N)=O. The van der Waals surface area contributed by atoms with Crippen molar-refractivity contribution in [2.24, 2.45) is 5.73 Å². The molecule has 33 heavy (non-hydrogen) atoms. The van der Waals surface area contributed by atoms with Crippen LogP contribution in [0.25, 0.3) is 0 Å². The molecule has 1 saturated heterocycles. The van der Waals surface area contributed by atoms with Crippen molar-refractivity contribution in [3.63, 3.8) is 0 Å². The van der Waals surface area contributed by atoms with E-state index in [-0.39, 0.29) is 48.1 Å². The second-order valence-electron chi connectivity index (χ2n) is 7.19. The van der Waals surface area contributed by atoms with Gasteiger partial charge in [-0.2, -0.15) is 0 Å². The molecular formula is C24H28ClFN4O3. The van der Waals surface area contributed by atoms with Gasteiger partial charge in [0, 0.05) is 49.4 Å². The smallest absolute Gasteiger partial charge is 0.256 e. The second-order valence-corrected chi connectivity index (χ2v) is 7.45. The summed E-state index contributed by atoms with van der Waals surface area (Å²) in [5, 5.41) is 8.36. The summed E-state index contributed by atoms with van der Waals surface area (Å²) >= 11 is 5.57. The number of hydrogen-bond acceptors (Lipinski definition) is 4. The lowest BCUT2D eigenvalue weighted by molar-refractivity contribution is -0.129.